The van der Waals surface area contributed by atoms with Crippen LogP contribution in [0.5, 0.6) is 0 Å². The molecule has 0 spiro atoms. The Morgan fingerprint density at radius 2 is 1.79 bits per heavy atom. The molecule has 1 saturated heterocycles. The first-order valence-corrected chi connectivity index (χ1v) is 12.3. The van der Waals surface area contributed by atoms with Crippen LogP contribution in [0.1, 0.15) is 54.9 Å². The zero-order valence-electron chi connectivity index (χ0n) is 17.4. The van der Waals surface area contributed by atoms with Crippen LogP contribution in [0.4, 0.5) is 0 Å². The number of nitrogens with one attached hydrogen (secondary N) is 1. The number of hydrogen-bond acceptors (Lipinski definition) is 4. The van der Waals surface area contributed by atoms with Crippen LogP contribution in [0, 0.1) is 0 Å². The lowest BCUT2D eigenvalue weighted by molar-refractivity contribution is 0.0954. The molecular formula is C22H33N3O3S. The Hall–Kier alpha value is -1.70. The summed E-state index contributed by atoms with van der Waals surface area (Å²) in [6.07, 6.45) is 8.17. The van der Waals surface area contributed by atoms with Crippen LogP contribution in [0.25, 0.3) is 0 Å². The number of piperazine rings is 1. The predicted octanol–water partition coefficient (Wildman–Crippen LogP) is 2.77. The maximum absolute atomic E-state index is 12.3. The van der Waals surface area contributed by atoms with Crippen molar-refractivity contribution in [2.24, 2.45) is 0 Å². The van der Waals surface area contributed by atoms with Gasteiger partial charge in [0, 0.05) is 44.8 Å². The Balaban J connectivity index is 1.43. The van der Waals surface area contributed by atoms with Crippen molar-refractivity contribution in [1.82, 2.24) is 14.5 Å². The normalized spacial score (nSPS) is 19.0. The average molecular weight is 420 g/mol. The molecule has 2 aliphatic rings. The monoisotopic (exact) mass is 419 g/mol. The lowest BCUT2D eigenvalue weighted by Crippen LogP contribution is -2.48. The van der Waals surface area contributed by atoms with Crippen molar-refractivity contribution in [1.29, 1.82) is 0 Å². The Labute approximate surface area is 175 Å². The number of benzene rings is 1. The molecule has 3 rings (SSSR count). The van der Waals surface area contributed by atoms with Gasteiger partial charge in [0.1, 0.15) is 0 Å². The molecule has 1 aliphatic heterocycles. The summed E-state index contributed by atoms with van der Waals surface area (Å²) in [6.45, 7) is 5.72. The van der Waals surface area contributed by atoms with Crippen molar-refractivity contribution in [2.75, 3.05) is 38.5 Å². The molecule has 6 nitrogen and oxygen atoms in total. The first-order valence-electron chi connectivity index (χ1n) is 10.7. The second-order valence-corrected chi connectivity index (χ2v) is 10.1. The van der Waals surface area contributed by atoms with Gasteiger partial charge < -0.3 is 5.32 Å². The molecule has 7 heteroatoms. The van der Waals surface area contributed by atoms with Crippen LogP contribution in [0.3, 0.4) is 0 Å². The summed E-state index contributed by atoms with van der Waals surface area (Å²) in [4.78, 5) is 14.6. The van der Waals surface area contributed by atoms with Crippen molar-refractivity contribution in [3.8, 4) is 0 Å². The van der Waals surface area contributed by atoms with E-state index in [9.17, 15) is 13.2 Å². The molecular weight excluding hydrogens is 386 g/mol. The van der Waals surface area contributed by atoms with E-state index >= 15 is 0 Å². The lowest BCUT2D eigenvalue weighted by Gasteiger charge is -2.33. The van der Waals surface area contributed by atoms with E-state index < -0.39 is 10.0 Å². The van der Waals surface area contributed by atoms with Gasteiger partial charge >= 0.3 is 0 Å². The summed E-state index contributed by atoms with van der Waals surface area (Å²) in [5.74, 6) is 0.139. The van der Waals surface area contributed by atoms with Crippen LogP contribution in [-0.2, 0) is 16.6 Å². The zero-order valence-corrected chi connectivity index (χ0v) is 18.2. The van der Waals surface area contributed by atoms with Crippen molar-refractivity contribution in [3.63, 3.8) is 0 Å². The van der Waals surface area contributed by atoms with Gasteiger partial charge in [0.25, 0.3) is 5.91 Å². The maximum atomic E-state index is 12.3. The molecule has 1 N–H and O–H groups in total. The minimum absolute atomic E-state index is 0.0219. The fourth-order valence-electron chi connectivity index (χ4n) is 3.94. The SMILES string of the molecule is CCS(=O)(=O)N1CCN(Cc2ccc(C(=O)NCCC3=CCCCC3)cc2)CC1. The lowest BCUT2D eigenvalue weighted by atomic mass is 9.97. The first-order chi connectivity index (χ1) is 14.0. The highest BCUT2D eigenvalue weighted by atomic mass is 32.2. The molecule has 0 atom stereocenters. The Morgan fingerprint density at radius 1 is 1.07 bits per heavy atom. The third kappa shape index (κ3) is 6.39. The second-order valence-electron chi connectivity index (χ2n) is 7.89. The van der Waals surface area contributed by atoms with Gasteiger partial charge in [-0.05, 0) is 56.7 Å². The highest BCUT2D eigenvalue weighted by molar-refractivity contribution is 7.89. The smallest absolute Gasteiger partial charge is 0.251 e. The molecule has 0 saturated carbocycles. The third-order valence-electron chi connectivity index (χ3n) is 5.83. The van der Waals surface area contributed by atoms with Crippen molar-refractivity contribution >= 4 is 15.9 Å². The van der Waals surface area contributed by atoms with Crippen LogP contribution >= 0.6 is 0 Å². The van der Waals surface area contributed by atoms with Crippen LogP contribution in [0.15, 0.2) is 35.9 Å². The van der Waals surface area contributed by atoms with Crippen molar-refractivity contribution < 1.29 is 13.2 Å². The molecule has 1 aromatic rings. The number of carbonyl (C=O) groups excluding carboxylic acids is 1. The number of carbonyl (C=O) groups is 1. The molecule has 1 amide bonds. The molecule has 29 heavy (non-hydrogen) atoms. The van der Waals surface area contributed by atoms with Gasteiger partial charge in [-0.1, -0.05) is 23.8 Å². The third-order valence-corrected chi connectivity index (χ3v) is 7.71. The number of allylic oxidation sites excluding steroid dienone is 1. The van der Waals surface area contributed by atoms with E-state index in [2.05, 4.69) is 16.3 Å². The molecule has 0 aromatic heterocycles. The minimum atomic E-state index is -3.09. The number of sulfonamides is 1. The van der Waals surface area contributed by atoms with Gasteiger partial charge in [-0.15, -0.1) is 0 Å². The molecule has 0 radical (unpaired) electrons. The van der Waals surface area contributed by atoms with Gasteiger partial charge in [-0.3, -0.25) is 9.69 Å². The molecule has 1 aromatic carbocycles. The van der Waals surface area contributed by atoms with Gasteiger partial charge in [-0.25, -0.2) is 8.42 Å². The summed E-state index contributed by atoms with van der Waals surface area (Å²) >= 11 is 0. The van der Waals surface area contributed by atoms with Crippen LogP contribution < -0.4 is 5.32 Å². The molecule has 1 heterocycles. The van der Waals surface area contributed by atoms with Crippen LogP contribution in [-0.4, -0.2) is 62.0 Å². The zero-order chi connectivity index (χ0) is 20.7. The number of hydrogen-bond donors (Lipinski definition) is 1. The molecule has 0 unspecified atom stereocenters. The van der Waals surface area contributed by atoms with Gasteiger partial charge in [0.2, 0.25) is 10.0 Å². The fraction of sp³-hybridized carbons (Fsp3) is 0.591. The van der Waals surface area contributed by atoms with Crippen LogP contribution in [0.2, 0.25) is 0 Å². The maximum Gasteiger partial charge on any atom is 0.251 e. The highest BCUT2D eigenvalue weighted by Gasteiger charge is 2.25. The summed E-state index contributed by atoms with van der Waals surface area (Å²) < 4.78 is 25.5. The topological polar surface area (TPSA) is 69.7 Å². The summed E-state index contributed by atoms with van der Waals surface area (Å²) in [5.41, 5.74) is 3.30. The number of rotatable bonds is 8. The molecule has 0 bridgehead atoms. The van der Waals surface area contributed by atoms with E-state index in [1.165, 1.54) is 31.3 Å². The van der Waals surface area contributed by atoms with E-state index in [1.807, 2.05) is 24.3 Å². The van der Waals surface area contributed by atoms with E-state index in [4.69, 9.17) is 0 Å². The molecule has 1 aliphatic carbocycles. The van der Waals surface area contributed by atoms with E-state index in [0.717, 1.165) is 31.6 Å². The molecule has 1 fully saturated rings. The number of amides is 1. The minimum Gasteiger partial charge on any atom is -0.352 e. The van der Waals surface area contributed by atoms with Gasteiger partial charge in [0.05, 0.1) is 5.75 Å². The predicted molar refractivity (Wildman–Crippen MR) is 116 cm³/mol. The van der Waals surface area contributed by atoms with E-state index in [0.29, 0.717) is 25.2 Å². The van der Waals surface area contributed by atoms with Gasteiger partial charge in [0.15, 0.2) is 0 Å². The largest absolute Gasteiger partial charge is 0.352 e. The van der Waals surface area contributed by atoms with E-state index in [1.54, 1.807) is 11.2 Å². The Kier molecular flexibility index (Phi) is 7.86. The van der Waals surface area contributed by atoms with E-state index in [-0.39, 0.29) is 11.7 Å². The molecule has 160 valence electrons. The summed E-state index contributed by atoms with van der Waals surface area (Å²) in [6, 6.07) is 7.74. The fourth-order valence-corrected chi connectivity index (χ4v) is 5.02. The Morgan fingerprint density at radius 3 is 2.41 bits per heavy atom. The number of nitrogens with zero attached hydrogens (tertiary/aromatic N) is 2. The Bertz CT molecular complexity index is 810. The summed E-state index contributed by atoms with van der Waals surface area (Å²) in [7, 11) is -3.09. The average Bonchev–Trinajstić information content (AvgIpc) is 2.75. The second kappa shape index (κ2) is 10.4. The van der Waals surface area contributed by atoms with Crippen molar-refractivity contribution in [3.05, 3.63) is 47.0 Å². The standard InChI is InChI=1S/C22H33N3O3S/c1-2-29(27,28)25-16-14-24(15-17-25)18-20-8-10-21(11-9-20)22(26)23-13-12-19-6-4-3-5-7-19/h6,8-11H,2-5,7,12-18H2,1H3,(H,23,26). The van der Waals surface area contributed by atoms with Crippen molar-refractivity contribution in [2.45, 2.75) is 45.6 Å². The van der Waals surface area contributed by atoms with Gasteiger partial charge in [-0.2, -0.15) is 4.31 Å². The first kappa shape index (κ1) is 22.0. The quantitative estimate of drug-likeness (QED) is 0.658. The highest BCUT2D eigenvalue weighted by Crippen LogP contribution is 2.19. The summed E-state index contributed by atoms with van der Waals surface area (Å²) in [5, 5.41) is 3.02.